The molecular weight excluding hydrogens is 398 g/mol. The van der Waals surface area contributed by atoms with E-state index >= 15 is 4.39 Å². The number of nitrogens with zero attached hydrogens (tertiary/aromatic N) is 4. The predicted molar refractivity (Wildman–Crippen MR) is 108 cm³/mol. The molecule has 0 unspecified atom stereocenters. The van der Waals surface area contributed by atoms with E-state index in [1.54, 1.807) is 24.9 Å². The third-order valence-corrected chi connectivity index (χ3v) is 5.20. The van der Waals surface area contributed by atoms with E-state index in [1.807, 2.05) is 0 Å². The van der Waals surface area contributed by atoms with Gasteiger partial charge < -0.3 is 5.32 Å². The van der Waals surface area contributed by atoms with Crippen LogP contribution in [0, 0.1) is 11.6 Å². The number of rotatable bonds is 4. The van der Waals surface area contributed by atoms with Gasteiger partial charge in [0.05, 0.1) is 10.9 Å². The van der Waals surface area contributed by atoms with E-state index in [0.717, 1.165) is 11.3 Å². The smallest absolute Gasteiger partial charge is 0.321 e. The van der Waals surface area contributed by atoms with Crippen LogP contribution < -0.4 is 10.6 Å². The fraction of sp³-hybridized carbons (Fsp3) is 0.158. The number of carbonyl (C=O) groups excluding carboxylic acids is 1. The van der Waals surface area contributed by atoms with E-state index in [2.05, 4.69) is 25.7 Å². The number of aryl methyl sites for hydroxylation is 1. The van der Waals surface area contributed by atoms with Crippen LogP contribution in [0.4, 0.5) is 18.7 Å². The van der Waals surface area contributed by atoms with Gasteiger partial charge in [-0.15, -0.1) is 0 Å². The van der Waals surface area contributed by atoms with Crippen molar-refractivity contribution in [1.82, 2.24) is 25.1 Å². The third-order valence-electron chi connectivity index (χ3n) is 4.19. The molecule has 3 heterocycles. The lowest BCUT2D eigenvalue weighted by Gasteiger charge is -2.08. The first kappa shape index (κ1) is 18.9. The summed E-state index contributed by atoms with van der Waals surface area (Å²) >= 11 is 1.05. The minimum atomic E-state index is -0.576. The first-order valence-electron chi connectivity index (χ1n) is 8.75. The summed E-state index contributed by atoms with van der Waals surface area (Å²) in [6.07, 6.45) is 4.64. The maximum atomic E-state index is 15.3. The molecule has 0 aliphatic heterocycles. The van der Waals surface area contributed by atoms with Crippen molar-refractivity contribution >= 4 is 32.7 Å². The van der Waals surface area contributed by atoms with Crippen LogP contribution in [0.25, 0.3) is 32.6 Å². The van der Waals surface area contributed by atoms with Gasteiger partial charge in [0, 0.05) is 42.7 Å². The van der Waals surface area contributed by atoms with Gasteiger partial charge >= 0.3 is 6.03 Å². The molecule has 0 bridgehead atoms. The highest BCUT2D eigenvalue weighted by atomic mass is 32.1. The summed E-state index contributed by atoms with van der Waals surface area (Å²) in [7, 11) is 1.72. The monoisotopic (exact) mass is 414 g/mol. The van der Waals surface area contributed by atoms with Gasteiger partial charge in [-0.2, -0.15) is 5.10 Å². The number of halogens is 2. The summed E-state index contributed by atoms with van der Waals surface area (Å²) in [6, 6.07) is 3.85. The number of benzene rings is 1. The fourth-order valence-electron chi connectivity index (χ4n) is 2.94. The molecular formula is C19H16F2N6OS. The number of amides is 2. The SMILES string of the molecule is CCNC(=O)Nc1nc2c(F)c(-c3cnn(C)c3)cc(-c3ncccc3F)c2s1. The molecule has 1 aromatic carbocycles. The molecule has 0 saturated carbocycles. The van der Waals surface area contributed by atoms with Gasteiger partial charge in [0.2, 0.25) is 0 Å². The molecule has 29 heavy (non-hydrogen) atoms. The Morgan fingerprint density at radius 2 is 2.14 bits per heavy atom. The minimum Gasteiger partial charge on any atom is -0.338 e. The van der Waals surface area contributed by atoms with Crippen molar-refractivity contribution < 1.29 is 13.6 Å². The number of aromatic nitrogens is 4. The Balaban J connectivity index is 1.95. The lowest BCUT2D eigenvalue weighted by Crippen LogP contribution is -2.28. The molecule has 0 spiro atoms. The summed E-state index contributed by atoms with van der Waals surface area (Å²) in [4.78, 5) is 20.2. The summed E-state index contributed by atoms with van der Waals surface area (Å²) in [5.74, 6) is -1.11. The Labute approximate surface area is 168 Å². The van der Waals surface area contributed by atoms with Gasteiger partial charge in [-0.3, -0.25) is 15.0 Å². The Morgan fingerprint density at radius 1 is 1.31 bits per heavy atom. The lowest BCUT2D eigenvalue weighted by molar-refractivity contribution is 0.252. The van der Waals surface area contributed by atoms with E-state index in [1.165, 1.54) is 30.6 Å². The highest BCUT2D eigenvalue weighted by Crippen LogP contribution is 2.40. The largest absolute Gasteiger partial charge is 0.338 e. The molecule has 7 nitrogen and oxygen atoms in total. The quantitative estimate of drug-likeness (QED) is 0.525. The summed E-state index contributed by atoms with van der Waals surface area (Å²) in [5.41, 5.74) is 1.25. The van der Waals surface area contributed by atoms with Crippen molar-refractivity contribution in [2.45, 2.75) is 6.92 Å². The molecule has 0 fully saturated rings. The molecule has 2 N–H and O–H groups in total. The second-order valence-electron chi connectivity index (χ2n) is 6.20. The molecule has 3 aromatic heterocycles. The van der Waals surface area contributed by atoms with Crippen LogP contribution in [-0.2, 0) is 7.05 Å². The Kier molecular flexibility index (Phi) is 4.93. The fourth-order valence-corrected chi connectivity index (χ4v) is 3.91. The number of hydrogen-bond donors (Lipinski definition) is 2. The zero-order chi connectivity index (χ0) is 20.5. The van der Waals surface area contributed by atoms with E-state index in [9.17, 15) is 9.18 Å². The second-order valence-corrected chi connectivity index (χ2v) is 7.20. The van der Waals surface area contributed by atoms with Gasteiger partial charge in [-0.05, 0) is 25.1 Å². The Hall–Kier alpha value is -3.40. The number of nitrogens with one attached hydrogen (secondary N) is 2. The van der Waals surface area contributed by atoms with Gasteiger partial charge in [0.25, 0.3) is 0 Å². The highest BCUT2D eigenvalue weighted by Gasteiger charge is 2.22. The minimum absolute atomic E-state index is 0.0307. The van der Waals surface area contributed by atoms with Crippen molar-refractivity contribution in [2.75, 3.05) is 11.9 Å². The topological polar surface area (TPSA) is 84.7 Å². The highest BCUT2D eigenvalue weighted by molar-refractivity contribution is 7.22. The number of urea groups is 1. The van der Waals surface area contributed by atoms with Gasteiger partial charge in [-0.25, -0.2) is 18.6 Å². The van der Waals surface area contributed by atoms with Crippen LogP contribution in [0.2, 0.25) is 0 Å². The third kappa shape index (κ3) is 3.54. The van der Waals surface area contributed by atoms with Crippen LogP contribution in [0.1, 0.15) is 6.92 Å². The molecule has 148 valence electrons. The van der Waals surface area contributed by atoms with Crippen LogP contribution >= 0.6 is 11.3 Å². The molecule has 4 rings (SSSR count). The van der Waals surface area contributed by atoms with Crippen LogP contribution in [-0.4, -0.2) is 32.3 Å². The maximum Gasteiger partial charge on any atom is 0.321 e. The van der Waals surface area contributed by atoms with E-state index < -0.39 is 17.7 Å². The Bertz CT molecular complexity index is 1220. The van der Waals surface area contributed by atoms with E-state index in [4.69, 9.17) is 0 Å². The molecule has 2 amide bonds. The number of hydrogen-bond acceptors (Lipinski definition) is 5. The number of pyridine rings is 1. The molecule has 0 aliphatic carbocycles. The summed E-state index contributed by atoms with van der Waals surface area (Å²) in [5, 5.41) is 9.44. The average Bonchev–Trinajstić information content (AvgIpc) is 3.30. The number of carbonyl (C=O) groups is 1. The normalized spacial score (nSPS) is 11.0. The van der Waals surface area contributed by atoms with Crippen molar-refractivity contribution in [3.8, 4) is 22.4 Å². The molecule has 10 heteroatoms. The van der Waals surface area contributed by atoms with Crippen molar-refractivity contribution in [1.29, 1.82) is 0 Å². The zero-order valence-corrected chi connectivity index (χ0v) is 16.3. The van der Waals surface area contributed by atoms with Crippen molar-refractivity contribution in [3.05, 3.63) is 48.4 Å². The van der Waals surface area contributed by atoms with Gasteiger partial charge in [0.15, 0.2) is 10.9 Å². The first-order chi connectivity index (χ1) is 14.0. The molecule has 0 radical (unpaired) electrons. The predicted octanol–water partition coefficient (Wildman–Crippen LogP) is 4.18. The van der Waals surface area contributed by atoms with Crippen molar-refractivity contribution in [2.24, 2.45) is 7.05 Å². The number of anilines is 1. The maximum absolute atomic E-state index is 15.3. The van der Waals surface area contributed by atoms with Crippen LogP contribution in [0.5, 0.6) is 0 Å². The number of thiazole rings is 1. The Morgan fingerprint density at radius 3 is 2.83 bits per heavy atom. The standard InChI is InChI=1S/C19H16F2N6OS/c1-3-22-18(28)26-19-25-16-14(21)11(10-8-24-27(2)9-10)7-12(17(16)29-19)15-13(20)5-4-6-23-15/h4-9H,3H2,1-2H3,(H2,22,25,26,28). The van der Waals surface area contributed by atoms with Crippen LogP contribution in [0.15, 0.2) is 36.8 Å². The van der Waals surface area contributed by atoms with E-state index in [0.29, 0.717) is 22.4 Å². The van der Waals surface area contributed by atoms with Gasteiger partial charge in [-0.1, -0.05) is 11.3 Å². The van der Waals surface area contributed by atoms with Gasteiger partial charge in [0.1, 0.15) is 17.0 Å². The molecule has 0 saturated heterocycles. The van der Waals surface area contributed by atoms with E-state index in [-0.39, 0.29) is 21.9 Å². The van der Waals surface area contributed by atoms with Crippen molar-refractivity contribution in [3.63, 3.8) is 0 Å². The summed E-state index contributed by atoms with van der Waals surface area (Å²) in [6.45, 7) is 2.21. The van der Waals surface area contributed by atoms with Crippen LogP contribution in [0.3, 0.4) is 0 Å². The zero-order valence-electron chi connectivity index (χ0n) is 15.5. The number of fused-ring (bicyclic) bond motifs is 1. The molecule has 0 atom stereocenters. The second kappa shape index (κ2) is 7.55. The first-order valence-corrected chi connectivity index (χ1v) is 9.57. The molecule has 4 aromatic rings. The molecule has 0 aliphatic rings. The lowest BCUT2D eigenvalue weighted by atomic mass is 10.0. The average molecular weight is 414 g/mol. The summed E-state index contributed by atoms with van der Waals surface area (Å²) < 4.78 is 31.7.